The van der Waals surface area contributed by atoms with E-state index in [1.54, 1.807) is 11.8 Å². The fourth-order valence-corrected chi connectivity index (χ4v) is 2.99. The van der Waals surface area contributed by atoms with Gasteiger partial charge in [0.1, 0.15) is 0 Å². The van der Waals surface area contributed by atoms with Crippen LogP contribution in [0, 0.1) is 5.92 Å². The largest absolute Gasteiger partial charge is 0.338 e. The number of piperidine rings is 1. The van der Waals surface area contributed by atoms with Gasteiger partial charge in [0.15, 0.2) is 5.82 Å². The Kier molecular flexibility index (Phi) is 6.32. The maximum absolute atomic E-state index is 5.23. The van der Waals surface area contributed by atoms with Crippen LogP contribution in [0.25, 0.3) is 0 Å². The molecule has 2 rings (SSSR count). The van der Waals surface area contributed by atoms with Crippen LogP contribution in [0.2, 0.25) is 0 Å². The fourth-order valence-electron chi connectivity index (χ4n) is 2.62. The normalized spacial score (nSPS) is 18.0. The molecule has 0 aliphatic carbocycles. The molecule has 0 unspecified atom stereocenters. The number of hydrogen-bond acceptors (Lipinski definition) is 6. The Balaban J connectivity index is 1.67. The molecule has 0 saturated carbocycles. The molecule has 0 aromatic carbocycles. The van der Waals surface area contributed by atoms with Gasteiger partial charge in [-0.2, -0.15) is 16.7 Å². The lowest BCUT2D eigenvalue weighted by Crippen LogP contribution is -2.43. The van der Waals surface area contributed by atoms with E-state index in [2.05, 4.69) is 34.2 Å². The summed E-state index contributed by atoms with van der Waals surface area (Å²) in [5.74, 6) is 3.07. The Morgan fingerprint density at radius 2 is 2.15 bits per heavy atom. The molecular formula is C14H26N4OS. The molecule has 1 aliphatic heterocycles. The van der Waals surface area contributed by atoms with Crippen LogP contribution in [0.4, 0.5) is 0 Å². The number of nitrogens with zero attached hydrogens (tertiary/aromatic N) is 3. The number of nitrogens with one attached hydrogen (secondary N) is 1. The van der Waals surface area contributed by atoms with E-state index in [1.165, 1.54) is 32.5 Å². The highest BCUT2D eigenvalue weighted by Crippen LogP contribution is 2.13. The van der Waals surface area contributed by atoms with E-state index in [1.807, 2.05) is 6.26 Å². The Hall–Kier alpha value is -0.590. The molecule has 1 aromatic heterocycles. The summed E-state index contributed by atoms with van der Waals surface area (Å²) in [6.07, 6.45) is 4.45. The summed E-state index contributed by atoms with van der Waals surface area (Å²) in [5, 5.41) is 7.50. The van der Waals surface area contributed by atoms with E-state index in [-0.39, 0.29) is 0 Å². The van der Waals surface area contributed by atoms with Gasteiger partial charge in [-0.15, -0.1) is 0 Å². The average Bonchev–Trinajstić information content (AvgIpc) is 2.86. The second kappa shape index (κ2) is 8.00. The van der Waals surface area contributed by atoms with Crippen LogP contribution in [0.1, 0.15) is 38.4 Å². The van der Waals surface area contributed by atoms with Crippen molar-refractivity contribution in [2.75, 3.05) is 25.9 Å². The van der Waals surface area contributed by atoms with E-state index in [4.69, 9.17) is 4.52 Å². The molecule has 1 saturated heterocycles. The third kappa shape index (κ3) is 5.07. The minimum absolute atomic E-state index is 0.578. The third-order valence-electron chi connectivity index (χ3n) is 3.54. The standard InChI is InChI=1S/C14H26N4OS/c1-11(2)9-18-6-4-12(5-7-18)15-8-14-16-13(10-20-3)17-19-14/h11-12,15H,4-10H2,1-3H3. The predicted molar refractivity (Wildman–Crippen MR) is 82.7 cm³/mol. The molecule has 1 N–H and O–H groups in total. The van der Waals surface area contributed by atoms with E-state index >= 15 is 0 Å². The van der Waals surface area contributed by atoms with Crippen molar-refractivity contribution in [3.8, 4) is 0 Å². The van der Waals surface area contributed by atoms with E-state index < -0.39 is 0 Å². The average molecular weight is 298 g/mol. The number of thioether (sulfide) groups is 1. The van der Waals surface area contributed by atoms with Crippen molar-refractivity contribution in [3.05, 3.63) is 11.7 Å². The van der Waals surface area contributed by atoms with Crippen molar-refractivity contribution in [1.82, 2.24) is 20.4 Å². The maximum Gasteiger partial charge on any atom is 0.240 e. The van der Waals surface area contributed by atoms with Gasteiger partial charge in [0.05, 0.1) is 12.3 Å². The molecule has 0 amide bonds. The first-order valence-electron chi connectivity index (χ1n) is 7.43. The molecule has 20 heavy (non-hydrogen) atoms. The van der Waals surface area contributed by atoms with Crippen LogP contribution in [-0.2, 0) is 12.3 Å². The van der Waals surface area contributed by atoms with E-state index in [0.29, 0.717) is 18.5 Å². The van der Waals surface area contributed by atoms with Crippen molar-refractivity contribution < 1.29 is 4.52 Å². The lowest BCUT2D eigenvalue weighted by Gasteiger charge is -2.33. The molecule has 0 bridgehead atoms. The zero-order valence-corrected chi connectivity index (χ0v) is 13.6. The second-order valence-corrected chi connectivity index (χ2v) is 6.75. The monoisotopic (exact) mass is 298 g/mol. The number of likely N-dealkylation sites (tertiary alicyclic amines) is 1. The zero-order chi connectivity index (χ0) is 14.4. The fraction of sp³-hybridized carbons (Fsp3) is 0.857. The summed E-state index contributed by atoms with van der Waals surface area (Å²) >= 11 is 1.71. The lowest BCUT2D eigenvalue weighted by molar-refractivity contribution is 0.177. The minimum Gasteiger partial charge on any atom is -0.338 e. The molecule has 5 nitrogen and oxygen atoms in total. The van der Waals surface area contributed by atoms with Gasteiger partial charge in [-0.05, 0) is 38.1 Å². The van der Waals surface area contributed by atoms with Crippen LogP contribution in [-0.4, -0.2) is 47.0 Å². The summed E-state index contributed by atoms with van der Waals surface area (Å²) in [5.41, 5.74) is 0. The van der Waals surface area contributed by atoms with Crippen molar-refractivity contribution in [2.24, 2.45) is 5.92 Å². The first kappa shape index (κ1) is 15.8. The third-order valence-corrected chi connectivity index (χ3v) is 4.08. The van der Waals surface area contributed by atoms with Crippen LogP contribution < -0.4 is 5.32 Å². The predicted octanol–water partition coefficient (Wildman–Crippen LogP) is 2.14. The Morgan fingerprint density at radius 1 is 1.40 bits per heavy atom. The molecular weight excluding hydrogens is 272 g/mol. The van der Waals surface area contributed by atoms with Gasteiger partial charge in [0.25, 0.3) is 0 Å². The molecule has 6 heteroatoms. The van der Waals surface area contributed by atoms with Gasteiger partial charge in [-0.25, -0.2) is 0 Å². The van der Waals surface area contributed by atoms with Crippen molar-refractivity contribution in [3.63, 3.8) is 0 Å². The molecule has 114 valence electrons. The number of aromatic nitrogens is 2. The quantitative estimate of drug-likeness (QED) is 0.832. The van der Waals surface area contributed by atoms with Crippen LogP contribution in [0.15, 0.2) is 4.52 Å². The summed E-state index contributed by atoms with van der Waals surface area (Å²) in [6, 6.07) is 0.578. The van der Waals surface area contributed by atoms with Gasteiger partial charge in [0.2, 0.25) is 5.89 Å². The second-order valence-electron chi connectivity index (χ2n) is 5.89. The molecule has 1 aliphatic rings. The molecule has 2 heterocycles. The van der Waals surface area contributed by atoms with Crippen LogP contribution in [0.3, 0.4) is 0 Å². The topological polar surface area (TPSA) is 54.2 Å². The molecule has 0 atom stereocenters. The molecule has 1 aromatic rings. The van der Waals surface area contributed by atoms with Gasteiger partial charge in [0, 0.05) is 12.6 Å². The smallest absolute Gasteiger partial charge is 0.240 e. The van der Waals surface area contributed by atoms with E-state index in [0.717, 1.165) is 17.5 Å². The number of hydrogen-bond donors (Lipinski definition) is 1. The first-order valence-corrected chi connectivity index (χ1v) is 8.83. The minimum atomic E-state index is 0.578. The highest BCUT2D eigenvalue weighted by Gasteiger charge is 2.19. The van der Waals surface area contributed by atoms with Gasteiger partial charge < -0.3 is 14.7 Å². The van der Waals surface area contributed by atoms with Crippen LogP contribution in [0.5, 0.6) is 0 Å². The van der Waals surface area contributed by atoms with Crippen molar-refractivity contribution in [2.45, 2.75) is 45.0 Å². The summed E-state index contributed by atoms with van der Waals surface area (Å²) in [7, 11) is 0. The molecule has 0 radical (unpaired) electrons. The summed E-state index contributed by atoms with van der Waals surface area (Å²) in [4.78, 5) is 6.93. The summed E-state index contributed by atoms with van der Waals surface area (Å²) in [6.45, 7) is 8.86. The van der Waals surface area contributed by atoms with Gasteiger partial charge in [-0.1, -0.05) is 19.0 Å². The number of rotatable bonds is 7. The highest BCUT2D eigenvalue weighted by atomic mass is 32.2. The van der Waals surface area contributed by atoms with E-state index in [9.17, 15) is 0 Å². The molecule has 0 spiro atoms. The van der Waals surface area contributed by atoms with Crippen LogP contribution >= 0.6 is 11.8 Å². The Bertz CT molecular complexity index is 388. The SMILES string of the molecule is CSCc1noc(CNC2CCN(CC(C)C)CC2)n1. The van der Waals surface area contributed by atoms with Gasteiger partial charge in [-0.3, -0.25) is 0 Å². The van der Waals surface area contributed by atoms with Gasteiger partial charge >= 0.3 is 0 Å². The Morgan fingerprint density at radius 3 is 2.80 bits per heavy atom. The first-order chi connectivity index (χ1) is 9.67. The highest BCUT2D eigenvalue weighted by molar-refractivity contribution is 7.97. The maximum atomic E-state index is 5.23. The molecule has 1 fully saturated rings. The van der Waals surface area contributed by atoms with Crippen molar-refractivity contribution in [1.29, 1.82) is 0 Å². The lowest BCUT2D eigenvalue weighted by atomic mass is 10.0. The van der Waals surface area contributed by atoms with Crippen molar-refractivity contribution >= 4 is 11.8 Å². The Labute approximate surface area is 125 Å². The zero-order valence-electron chi connectivity index (χ0n) is 12.8. The summed E-state index contributed by atoms with van der Waals surface area (Å²) < 4.78 is 5.23.